The fourth-order valence-electron chi connectivity index (χ4n) is 7.50. The summed E-state index contributed by atoms with van der Waals surface area (Å²) in [7, 11) is 0. The van der Waals surface area contributed by atoms with Gasteiger partial charge in [0.05, 0.1) is 25.1 Å². The van der Waals surface area contributed by atoms with E-state index in [4.69, 9.17) is 40.1 Å². The highest BCUT2D eigenvalue weighted by Crippen LogP contribution is 2.11. The zero-order chi connectivity index (χ0) is 59.7. The molecule has 0 aliphatic heterocycles. The van der Waals surface area contributed by atoms with E-state index in [1.807, 2.05) is 0 Å². The number of hydrogen-bond acceptors (Lipinski definition) is 17. The van der Waals surface area contributed by atoms with Gasteiger partial charge in [-0.2, -0.15) is 0 Å². The Bertz CT molecular complexity index is 1990. The van der Waals surface area contributed by atoms with Crippen molar-refractivity contribution >= 4 is 71.0 Å². The highest BCUT2D eigenvalue weighted by molar-refractivity contribution is 5.99. The second kappa shape index (κ2) is 38.7. The number of rotatable bonds is 41. The molecule has 30 nitrogen and oxygen atoms in total. The zero-order valence-corrected chi connectivity index (χ0v) is 46.0. The maximum atomic E-state index is 13.8. The third-order valence-electron chi connectivity index (χ3n) is 11.9. The maximum absolute atomic E-state index is 13.8. The number of carbonyl (C=O) groups is 11. The van der Waals surface area contributed by atoms with Crippen LogP contribution in [0.1, 0.15) is 125 Å². The molecule has 0 saturated carbocycles. The molecule has 446 valence electrons. The molecule has 0 aromatic heterocycles. The molecule has 0 aliphatic carbocycles. The highest BCUT2D eigenvalue weighted by atomic mass is 16.4. The van der Waals surface area contributed by atoms with Crippen LogP contribution in [0.2, 0.25) is 0 Å². The van der Waals surface area contributed by atoms with Crippen LogP contribution in [0, 0.1) is 11.8 Å². The molecule has 0 fully saturated rings. The van der Waals surface area contributed by atoms with E-state index < -0.39 is 144 Å². The summed E-state index contributed by atoms with van der Waals surface area (Å²) in [6, 6.07) is -12.1. The molecule has 10 amide bonds. The van der Waals surface area contributed by atoms with E-state index in [2.05, 4.69) is 52.8 Å². The molecule has 0 heterocycles. The molecule has 0 saturated heterocycles. The number of hydrogen-bond donors (Lipinski definition) is 18. The molecule has 0 radical (unpaired) electrons. The maximum Gasteiger partial charge on any atom is 0.326 e. The number of carboxylic acids is 1. The summed E-state index contributed by atoms with van der Waals surface area (Å²) in [5.41, 5.74) is 39.1. The fraction of sp³-hybridized carbons (Fsp3) is 0.750. The molecular weight excluding hydrogens is 1020 g/mol. The van der Waals surface area contributed by atoms with Gasteiger partial charge in [0.2, 0.25) is 59.1 Å². The van der Waals surface area contributed by atoms with Crippen molar-refractivity contribution in [2.75, 3.05) is 32.7 Å². The Morgan fingerprint density at radius 1 is 0.487 bits per heavy atom. The van der Waals surface area contributed by atoms with E-state index in [1.54, 1.807) is 27.7 Å². The minimum Gasteiger partial charge on any atom is -0.480 e. The van der Waals surface area contributed by atoms with Crippen molar-refractivity contribution in [3.63, 3.8) is 0 Å². The van der Waals surface area contributed by atoms with Gasteiger partial charge in [0.15, 0.2) is 5.96 Å². The van der Waals surface area contributed by atoms with Gasteiger partial charge in [-0.3, -0.25) is 52.9 Å². The van der Waals surface area contributed by atoms with Gasteiger partial charge in [-0.15, -0.1) is 0 Å². The number of nitrogens with two attached hydrogens (primary N) is 7. The number of aliphatic hydroxyl groups excluding tert-OH is 1. The first-order chi connectivity index (χ1) is 36.6. The second-order valence-electron chi connectivity index (χ2n) is 19.8. The number of aliphatic carboxylic acids is 1. The largest absolute Gasteiger partial charge is 0.480 e. The average molecular weight is 1110 g/mol. The molecular formula is C48H91N17O13. The Hall–Kier alpha value is -6.76. The predicted molar refractivity (Wildman–Crippen MR) is 288 cm³/mol. The Morgan fingerprint density at radius 2 is 0.936 bits per heavy atom. The van der Waals surface area contributed by atoms with Gasteiger partial charge in [0.1, 0.15) is 48.3 Å². The van der Waals surface area contributed by atoms with Gasteiger partial charge in [0, 0.05) is 6.54 Å². The number of aliphatic imine (C=N–C) groups is 1. The van der Waals surface area contributed by atoms with Crippen LogP contribution in [0.5, 0.6) is 0 Å². The molecule has 0 aromatic rings. The van der Waals surface area contributed by atoms with Gasteiger partial charge in [-0.05, 0) is 116 Å². The fourth-order valence-corrected chi connectivity index (χ4v) is 7.50. The van der Waals surface area contributed by atoms with E-state index >= 15 is 0 Å². The quantitative estimate of drug-likeness (QED) is 0.0154. The molecule has 25 N–H and O–H groups in total. The van der Waals surface area contributed by atoms with Crippen LogP contribution < -0.4 is 88.0 Å². The molecule has 0 rings (SSSR count). The van der Waals surface area contributed by atoms with Crippen LogP contribution in [0.4, 0.5) is 0 Å². The predicted octanol–water partition coefficient (Wildman–Crippen LogP) is -6.19. The van der Waals surface area contributed by atoms with E-state index in [0.29, 0.717) is 45.1 Å². The summed E-state index contributed by atoms with van der Waals surface area (Å²) in [5, 5.41) is 42.2. The first-order valence-corrected chi connectivity index (χ1v) is 26.4. The minimum absolute atomic E-state index is 0.0185. The van der Waals surface area contributed by atoms with Crippen LogP contribution >= 0.6 is 0 Å². The lowest BCUT2D eigenvalue weighted by Crippen LogP contribution is -2.61. The smallest absolute Gasteiger partial charge is 0.326 e. The number of carboxylic acid groups (broad SMARTS) is 1. The van der Waals surface area contributed by atoms with E-state index in [-0.39, 0.29) is 70.0 Å². The van der Waals surface area contributed by atoms with Crippen molar-refractivity contribution in [3.8, 4) is 0 Å². The van der Waals surface area contributed by atoms with Gasteiger partial charge >= 0.3 is 5.97 Å². The number of nitrogens with zero attached hydrogens (tertiary/aromatic N) is 1. The van der Waals surface area contributed by atoms with Crippen molar-refractivity contribution < 1.29 is 63.0 Å². The monoisotopic (exact) mass is 1110 g/mol. The van der Waals surface area contributed by atoms with Crippen LogP contribution in [-0.2, 0) is 52.7 Å². The van der Waals surface area contributed by atoms with Crippen molar-refractivity contribution in [3.05, 3.63) is 0 Å². The summed E-state index contributed by atoms with van der Waals surface area (Å²) in [6.07, 6.45) is 1.02. The molecule has 0 aliphatic rings. The van der Waals surface area contributed by atoms with Crippen molar-refractivity contribution in [2.24, 2.45) is 57.0 Å². The summed E-state index contributed by atoms with van der Waals surface area (Å²) in [4.78, 5) is 149. The first kappa shape index (κ1) is 71.2. The number of guanidine groups is 1. The van der Waals surface area contributed by atoms with E-state index in [0.717, 1.165) is 0 Å². The summed E-state index contributed by atoms with van der Waals surface area (Å²) >= 11 is 0. The molecule has 0 aromatic carbocycles. The number of unbranched alkanes of at least 4 members (excludes halogenated alkanes) is 3. The first-order valence-electron chi connectivity index (χ1n) is 26.4. The van der Waals surface area contributed by atoms with Gasteiger partial charge < -0.3 is 98.2 Å². The van der Waals surface area contributed by atoms with Crippen LogP contribution in [0.25, 0.3) is 0 Å². The van der Waals surface area contributed by atoms with Crippen LogP contribution in [0.3, 0.4) is 0 Å². The molecule has 0 bridgehead atoms. The number of carbonyl (C=O) groups excluding carboxylic acids is 10. The molecule has 0 unspecified atom stereocenters. The minimum atomic E-state index is -1.64. The molecule has 30 heteroatoms. The molecule has 78 heavy (non-hydrogen) atoms. The van der Waals surface area contributed by atoms with E-state index in [1.165, 1.54) is 13.8 Å². The van der Waals surface area contributed by atoms with Crippen molar-refractivity contribution in [1.29, 1.82) is 0 Å². The standard InChI is InChI=1S/C48H91N17O13/c1-25(2)22-34(47(77)78)63-46(76)38(28(6)66)65-43(73)31(16-9-12-20-51)61-45(75)37(26(3)4)64-36(68)24-57-41(71)30(15-8-11-19-50)59-39(69)27(5)58-44(74)33(23-35(53)67)62-42(72)32(17-13-21-56-48(54)55)60-40(70)29(52)14-7-10-18-49/h25-34,37-38,66H,7-24,49-52H2,1-6H3,(H2,53,67)(H,57,71)(H,58,74)(H,59,69)(H,60,70)(H,61,75)(H,62,72)(H,63,76)(H,64,68)(H,65,73)(H,77,78)(H4,54,55,56)/t27-,28+,29-,30-,31-,32-,33-,34-,37-,38-/m0/s1. The lowest BCUT2D eigenvalue weighted by atomic mass is 10.0. The number of primary amides is 1. The Kier molecular flexibility index (Phi) is 35.4. The van der Waals surface area contributed by atoms with E-state index in [9.17, 15) is 63.0 Å². The number of nitrogens with one attached hydrogen (secondary N) is 9. The lowest BCUT2D eigenvalue weighted by molar-refractivity contribution is -0.143. The van der Waals surface area contributed by atoms with Crippen LogP contribution in [-0.4, -0.2) is 174 Å². The number of amides is 10. The Labute approximate surface area is 455 Å². The second-order valence-corrected chi connectivity index (χ2v) is 19.8. The highest BCUT2D eigenvalue weighted by Gasteiger charge is 2.35. The summed E-state index contributed by atoms with van der Waals surface area (Å²) in [6.45, 7) is 9.44. The van der Waals surface area contributed by atoms with Crippen molar-refractivity contribution in [2.45, 2.75) is 185 Å². The third kappa shape index (κ3) is 29.7. The third-order valence-corrected chi connectivity index (χ3v) is 11.9. The SMILES string of the molecule is CC(C)C[C@H](NC(=O)[C@@H](NC(=O)[C@H](CCCCN)NC(=O)[C@@H](NC(=O)CNC(=O)[C@H](CCCCN)NC(=O)[C@H](C)NC(=O)[C@H](CC(N)=O)NC(=O)[C@H](CCCN=C(N)N)NC(=O)[C@@H](N)CCCCN)C(C)C)[C@@H](C)O)C(=O)O. The topological polar surface area (TPSA) is 531 Å². The molecule has 0 spiro atoms. The van der Waals surface area contributed by atoms with Crippen molar-refractivity contribution in [1.82, 2.24) is 47.9 Å². The van der Waals surface area contributed by atoms with Gasteiger partial charge in [-0.25, -0.2) is 4.79 Å². The Balaban J connectivity index is 6.15. The van der Waals surface area contributed by atoms with Gasteiger partial charge in [0.25, 0.3) is 0 Å². The summed E-state index contributed by atoms with van der Waals surface area (Å²) < 4.78 is 0. The normalized spacial score (nSPS) is 15.0. The number of aliphatic hydroxyl groups is 1. The lowest BCUT2D eigenvalue weighted by Gasteiger charge is -2.28. The van der Waals surface area contributed by atoms with Gasteiger partial charge in [-0.1, -0.05) is 34.1 Å². The average Bonchev–Trinajstić information content (AvgIpc) is 3.35. The zero-order valence-electron chi connectivity index (χ0n) is 46.0. The van der Waals surface area contributed by atoms with Crippen LogP contribution in [0.15, 0.2) is 4.99 Å². The molecule has 10 atom stereocenters. The summed E-state index contributed by atoms with van der Waals surface area (Å²) in [5.74, 6) is -11.1. The Morgan fingerprint density at radius 3 is 1.42 bits per heavy atom.